The predicted octanol–water partition coefficient (Wildman–Crippen LogP) is 8.30. The standard InChI is InChI=1S/C10H9F3O2.C9H8BrF3.C9H9F3O/c1-15-9(14)6-7-2-4-8(5-3-7)10(11,12)13;10-6-5-7-1-3-8(4-2-7)9(11,12)13;10-9(11,12)8-3-1-7(2-4-8)5-6-13/h2-5H,6H2,1H3;1-4H,5-6H2;1-4,13H,5-6H2. The minimum atomic E-state index is -4.34. The Kier molecular flexibility index (Phi) is 14.4. The molecule has 0 aliphatic rings. The van der Waals surface area contributed by atoms with Crippen molar-refractivity contribution in [3.8, 4) is 0 Å². The van der Waals surface area contributed by atoms with Crippen LogP contribution in [-0.2, 0) is 47.3 Å². The maximum atomic E-state index is 12.2. The van der Waals surface area contributed by atoms with Crippen molar-refractivity contribution in [2.45, 2.75) is 37.8 Å². The maximum absolute atomic E-state index is 12.2. The fourth-order valence-corrected chi connectivity index (χ4v) is 3.47. The molecule has 0 radical (unpaired) electrons. The van der Waals surface area contributed by atoms with Gasteiger partial charge in [0, 0.05) is 11.9 Å². The number of aryl methyl sites for hydroxylation is 1. The van der Waals surface area contributed by atoms with E-state index in [0.717, 1.165) is 53.7 Å². The Morgan fingerprint density at radius 3 is 1.22 bits per heavy atom. The Bertz CT molecular complexity index is 1110. The molecule has 0 saturated carbocycles. The molecule has 0 bridgehead atoms. The van der Waals surface area contributed by atoms with Gasteiger partial charge in [0.05, 0.1) is 30.2 Å². The lowest BCUT2D eigenvalue weighted by atomic mass is 10.1. The SMILES string of the molecule is COC(=O)Cc1ccc(C(F)(F)F)cc1.FC(F)(F)c1ccc(CCBr)cc1.OCCc1ccc(C(F)(F)F)cc1. The van der Waals surface area contributed by atoms with Crippen LogP contribution in [0.5, 0.6) is 0 Å². The van der Waals surface area contributed by atoms with E-state index < -0.39 is 41.2 Å². The van der Waals surface area contributed by atoms with Crippen LogP contribution in [0.2, 0.25) is 0 Å². The lowest BCUT2D eigenvalue weighted by Gasteiger charge is -2.06. The van der Waals surface area contributed by atoms with Gasteiger partial charge in [-0.3, -0.25) is 4.79 Å². The van der Waals surface area contributed by atoms with Gasteiger partial charge >= 0.3 is 24.5 Å². The summed E-state index contributed by atoms with van der Waals surface area (Å²) < 4.78 is 113. The van der Waals surface area contributed by atoms with Gasteiger partial charge in [-0.1, -0.05) is 52.3 Å². The van der Waals surface area contributed by atoms with Gasteiger partial charge in [-0.2, -0.15) is 39.5 Å². The Balaban J connectivity index is 0.000000309. The zero-order chi connectivity index (χ0) is 31.3. The van der Waals surface area contributed by atoms with Gasteiger partial charge < -0.3 is 9.84 Å². The highest BCUT2D eigenvalue weighted by Crippen LogP contribution is 2.30. The number of halogens is 10. The number of rotatable bonds is 6. The van der Waals surface area contributed by atoms with E-state index in [-0.39, 0.29) is 13.0 Å². The van der Waals surface area contributed by atoms with Crippen LogP contribution in [0, 0.1) is 0 Å². The van der Waals surface area contributed by atoms with Crippen molar-refractivity contribution in [2.24, 2.45) is 0 Å². The van der Waals surface area contributed by atoms with E-state index in [1.165, 1.54) is 43.5 Å². The Morgan fingerprint density at radius 1 is 0.634 bits per heavy atom. The van der Waals surface area contributed by atoms with E-state index >= 15 is 0 Å². The zero-order valence-electron chi connectivity index (χ0n) is 21.5. The molecule has 0 fully saturated rings. The molecule has 41 heavy (non-hydrogen) atoms. The van der Waals surface area contributed by atoms with Gasteiger partial charge in [-0.25, -0.2) is 0 Å². The van der Waals surface area contributed by atoms with Gasteiger partial charge in [0.25, 0.3) is 0 Å². The van der Waals surface area contributed by atoms with Crippen LogP contribution in [0.25, 0.3) is 0 Å². The van der Waals surface area contributed by atoms with Crippen molar-refractivity contribution >= 4 is 21.9 Å². The summed E-state index contributed by atoms with van der Waals surface area (Å²) in [5, 5.41) is 9.29. The molecule has 0 aromatic heterocycles. The predicted molar refractivity (Wildman–Crippen MR) is 138 cm³/mol. The number of hydrogen-bond donors (Lipinski definition) is 1. The largest absolute Gasteiger partial charge is 0.469 e. The van der Waals surface area contributed by atoms with E-state index in [2.05, 4.69) is 20.7 Å². The summed E-state index contributed by atoms with van der Waals surface area (Å²) in [5.74, 6) is -0.477. The van der Waals surface area contributed by atoms with Gasteiger partial charge in [0.2, 0.25) is 0 Å². The molecule has 3 rings (SSSR count). The molecular weight excluding hydrogens is 635 g/mol. The first-order valence-electron chi connectivity index (χ1n) is 11.7. The van der Waals surface area contributed by atoms with Crippen molar-refractivity contribution in [1.29, 1.82) is 0 Å². The normalized spacial score (nSPS) is 11.5. The number of ether oxygens (including phenoxy) is 1. The second-order valence-electron chi connectivity index (χ2n) is 8.25. The van der Waals surface area contributed by atoms with Crippen LogP contribution in [0.3, 0.4) is 0 Å². The molecule has 0 heterocycles. The third-order valence-corrected chi connectivity index (χ3v) is 5.60. The molecule has 3 nitrogen and oxygen atoms in total. The molecule has 13 heteroatoms. The van der Waals surface area contributed by atoms with Crippen molar-refractivity contribution < 1.29 is 54.2 Å². The zero-order valence-corrected chi connectivity index (χ0v) is 23.1. The summed E-state index contributed by atoms with van der Waals surface area (Å²) in [6.07, 6.45) is -11.7. The highest BCUT2D eigenvalue weighted by atomic mass is 79.9. The Labute approximate surface area is 239 Å². The number of carbonyl (C=O) groups is 1. The number of carbonyl (C=O) groups excluding carboxylic acids is 1. The number of alkyl halides is 10. The smallest absolute Gasteiger partial charge is 0.416 e. The molecule has 226 valence electrons. The number of methoxy groups -OCH3 is 1. The minimum absolute atomic E-state index is 0.0192. The number of aliphatic hydroxyl groups is 1. The maximum Gasteiger partial charge on any atom is 0.416 e. The first kappa shape index (κ1) is 36.0. The van der Waals surface area contributed by atoms with E-state index in [9.17, 15) is 44.3 Å². The van der Waals surface area contributed by atoms with Crippen LogP contribution in [-0.4, -0.2) is 30.1 Å². The van der Waals surface area contributed by atoms with Gasteiger partial charge in [0.1, 0.15) is 0 Å². The molecule has 0 atom stereocenters. The summed E-state index contributed by atoms with van der Waals surface area (Å²) in [7, 11) is 1.23. The number of esters is 1. The van der Waals surface area contributed by atoms with Gasteiger partial charge in [0.15, 0.2) is 0 Å². The molecule has 0 aliphatic carbocycles. The first-order valence-corrected chi connectivity index (χ1v) is 12.9. The quantitative estimate of drug-likeness (QED) is 0.164. The minimum Gasteiger partial charge on any atom is -0.469 e. The van der Waals surface area contributed by atoms with Crippen molar-refractivity contribution in [1.82, 2.24) is 0 Å². The average Bonchev–Trinajstić information content (AvgIpc) is 2.89. The molecule has 3 aromatic carbocycles. The summed E-state index contributed by atoms with van der Waals surface area (Å²) in [6.45, 7) is -0.0502. The Hall–Kier alpha value is -3.06. The summed E-state index contributed by atoms with van der Waals surface area (Å²) >= 11 is 3.22. The highest BCUT2D eigenvalue weighted by molar-refractivity contribution is 9.09. The summed E-state index contributed by atoms with van der Waals surface area (Å²) in [5.41, 5.74) is 0.131. The van der Waals surface area contributed by atoms with Gasteiger partial charge in [-0.15, -0.1) is 0 Å². The second kappa shape index (κ2) is 16.4. The van der Waals surface area contributed by atoms with E-state index in [0.29, 0.717) is 17.5 Å². The third-order valence-electron chi connectivity index (χ3n) is 5.20. The summed E-state index contributed by atoms with van der Waals surface area (Å²) in [6, 6.07) is 14.4. The van der Waals surface area contributed by atoms with E-state index in [1.807, 2.05) is 0 Å². The molecule has 3 aromatic rings. The average molecular weight is 661 g/mol. The molecule has 1 N–H and O–H groups in total. The van der Waals surface area contributed by atoms with Crippen LogP contribution < -0.4 is 0 Å². The number of aliphatic hydroxyl groups excluding tert-OH is 1. The lowest BCUT2D eigenvalue weighted by Crippen LogP contribution is -2.07. The van der Waals surface area contributed by atoms with Crippen LogP contribution in [0.1, 0.15) is 33.4 Å². The monoisotopic (exact) mass is 660 g/mol. The molecule has 0 spiro atoms. The lowest BCUT2D eigenvalue weighted by molar-refractivity contribution is -0.140. The molecule has 0 aliphatic heterocycles. The van der Waals surface area contributed by atoms with Crippen molar-refractivity contribution in [3.05, 3.63) is 106 Å². The highest BCUT2D eigenvalue weighted by Gasteiger charge is 2.31. The van der Waals surface area contributed by atoms with Crippen molar-refractivity contribution in [2.75, 3.05) is 19.0 Å². The number of hydrogen-bond acceptors (Lipinski definition) is 3. The van der Waals surface area contributed by atoms with Gasteiger partial charge in [-0.05, 0) is 65.9 Å². The topological polar surface area (TPSA) is 46.5 Å². The van der Waals surface area contributed by atoms with Crippen molar-refractivity contribution in [3.63, 3.8) is 0 Å². The van der Waals surface area contributed by atoms with E-state index in [4.69, 9.17) is 5.11 Å². The molecule has 0 amide bonds. The molecule has 0 unspecified atom stereocenters. The second-order valence-corrected chi connectivity index (χ2v) is 9.04. The Morgan fingerprint density at radius 2 is 0.951 bits per heavy atom. The fraction of sp³-hybridized carbons (Fsp3) is 0.321. The van der Waals surface area contributed by atoms with Crippen LogP contribution >= 0.6 is 15.9 Å². The molecule has 0 saturated heterocycles. The van der Waals surface area contributed by atoms with Crippen LogP contribution in [0.15, 0.2) is 72.8 Å². The summed E-state index contributed by atoms with van der Waals surface area (Å²) in [4.78, 5) is 10.8. The first-order chi connectivity index (χ1) is 19.0. The van der Waals surface area contributed by atoms with Crippen LogP contribution in [0.4, 0.5) is 39.5 Å². The molecular formula is C28H26BrF9O3. The fourth-order valence-electron chi connectivity index (χ4n) is 3.01. The van der Waals surface area contributed by atoms with E-state index in [1.54, 1.807) is 0 Å². The third kappa shape index (κ3) is 13.9. The number of benzene rings is 3.